The highest BCUT2D eigenvalue weighted by molar-refractivity contribution is 5.92. The molecule has 0 saturated carbocycles. The molecule has 0 bridgehead atoms. The molecule has 1 saturated heterocycles. The van der Waals surface area contributed by atoms with E-state index in [1.54, 1.807) is 6.08 Å². The summed E-state index contributed by atoms with van der Waals surface area (Å²) in [5.74, 6) is 1.27. The molecule has 0 radical (unpaired) electrons. The van der Waals surface area contributed by atoms with Crippen LogP contribution in [-0.2, 0) is 4.79 Å². The number of hydrogen-bond acceptors (Lipinski definition) is 3. The molecule has 2 N–H and O–H groups in total. The van der Waals surface area contributed by atoms with E-state index in [1.165, 1.54) is 0 Å². The zero-order valence-electron chi connectivity index (χ0n) is 11.6. The van der Waals surface area contributed by atoms with Crippen molar-refractivity contribution in [2.24, 2.45) is 11.8 Å². The number of carbonyl (C=O) groups excluding carboxylic acids is 1. The molecule has 1 aliphatic heterocycles. The SMILES string of the molecule is C=CCOc1cccc(NC(=O)C(C)C2CNC2)c1.Cl. The van der Waals surface area contributed by atoms with Gasteiger partial charge in [-0.1, -0.05) is 25.6 Å². The van der Waals surface area contributed by atoms with Gasteiger partial charge in [-0.25, -0.2) is 0 Å². The van der Waals surface area contributed by atoms with Gasteiger partial charge < -0.3 is 15.4 Å². The largest absolute Gasteiger partial charge is 0.489 e. The molecule has 1 aliphatic rings. The molecule has 1 aromatic rings. The van der Waals surface area contributed by atoms with Crippen molar-refractivity contribution in [2.45, 2.75) is 6.92 Å². The lowest BCUT2D eigenvalue weighted by Crippen LogP contribution is -2.48. The molecular formula is C15H21ClN2O2. The van der Waals surface area contributed by atoms with Crippen LogP contribution in [0.5, 0.6) is 5.75 Å². The van der Waals surface area contributed by atoms with Gasteiger partial charge in [-0.15, -0.1) is 12.4 Å². The monoisotopic (exact) mass is 296 g/mol. The number of rotatable bonds is 6. The molecule has 1 atom stereocenters. The molecule has 20 heavy (non-hydrogen) atoms. The summed E-state index contributed by atoms with van der Waals surface area (Å²) < 4.78 is 5.44. The van der Waals surface area contributed by atoms with Crippen molar-refractivity contribution < 1.29 is 9.53 Å². The van der Waals surface area contributed by atoms with Crippen LogP contribution in [0.1, 0.15) is 6.92 Å². The highest BCUT2D eigenvalue weighted by Crippen LogP contribution is 2.21. The second-order valence-electron chi connectivity index (χ2n) is 4.82. The van der Waals surface area contributed by atoms with E-state index in [-0.39, 0.29) is 24.2 Å². The Morgan fingerprint density at radius 3 is 2.95 bits per heavy atom. The number of benzene rings is 1. The predicted molar refractivity (Wildman–Crippen MR) is 83.5 cm³/mol. The molecular weight excluding hydrogens is 276 g/mol. The summed E-state index contributed by atoms with van der Waals surface area (Å²) in [6.45, 7) is 7.89. The van der Waals surface area contributed by atoms with Crippen LogP contribution < -0.4 is 15.4 Å². The molecule has 2 rings (SSSR count). The Balaban J connectivity index is 0.00000200. The zero-order valence-corrected chi connectivity index (χ0v) is 12.4. The third-order valence-corrected chi connectivity index (χ3v) is 3.40. The Hall–Kier alpha value is -1.52. The average molecular weight is 297 g/mol. The quantitative estimate of drug-likeness (QED) is 0.793. The van der Waals surface area contributed by atoms with Crippen molar-refractivity contribution in [1.29, 1.82) is 0 Å². The van der Waals surface area contributed by atoms with Gasteiger partial charge >= 0.3 is 0 Å². The maximum absolute atomic E-state index is 12.1. The van der Waals surface area contributed by atoms with Gasteiger partial charge in [0.25, 0.3) is 0 Å². The normalized spacial score (nSPS) is 15.4. The zero-order chi connectivity index (χ0) is 13.7. The summed E-state index contributed by atoms with van der Waals surface area (Å²) in [6, 6.07) is 7.42. The molecule has 1 fully saturated rings. The lowest BCUT2D eigenvalue weighted by molar-refractivity contribution is -0.121. The highest BCUT2D eigenvalue weighted by atomic mass is 35.5. The molecule has 1 heterocycles. The second kappa shape index (κ2) is 7.92. The summed E-state index contributed by atoms with van der Waals surface area (Å²) in [6.07, 6.45) is 1.69. The van der Waals surface area contributed by atoms with Gasteiger partial charge in [-0.2, -0.15) is 0 Å². The van der Waals surface area contributed by atoms with Crippen molar-refractivity contribution in [3.05, 3.63) is 36.9 Å². The lowest BCUT2D eigenvalue weighted by Gasteiger charge is -2.31. The van der Waals surface area contributed by atoms with E-state index in [9.17, 15) is 4.79 Å². The molecule has 0 spiro atoms. The number of hydrogen-bond donors (Lipinski definition) is 2. The highest BCUT2D eigenvalue weighted by Gasteiger charge is 2.28. The van der Waals surface area contributed by atoms with Gasteiger partial charge in [-0.3, -0.25) is 4.79 Å². The predicted octanol–water partition coefficient (Wildman–Crippen LogP) is 2.47. The van der Waals surface area contributed by atoms with Crippen LogP contribution in [0.25, 0.3) is 0 Å². The number of amides is 1. The number of ether oxygens (including phenoxy) is 1. The van der Waals surface area contributed by atoms with Gasteiger partial charge in [0, 0.05) is 17.7 Å². The minimum Gasteiger partial charge on any atom is -0.489 e. The topological polar surface area (TPSA) is 50.4 Å². The summed E-state index contributed by atoms with van der Waals surface area (Å²) >= 11 is 0. The van der Waals surface area contributed by atoms with Gasteiger partial charge in [0.1, 0.15) is 12.4 Å². The maximum atomic E-state index is 12.1. The fourth-order valence-corrected chi connectivity index (χ4v) is 1.95. The van der Waals surface area contributed by atoms with E-state index < -0.39 is 0 Å². The summed E-state index contributed by atoms with van der Waals surface area (Å²) in [4.78, 5) is 12.1. The van der Waals surface area contributed by atoms with Crippen molar-refractivity contribution in [2.75, 3.05) is 25.0 Å². The number of halogens is 1. The number of anilines is 1. The molecule has 110 valence electrons. The van der Waals surface area contributed by atoms with E-state index >= 15 is 0 Å². The molecule has 1 aromatic carbocycles. The van der Waals surface area contributed by atoms with Crippen LogP contribution in [0.3, 0.4) is 0 Å². The van der Waals surface area contributed by atoms with E-state index in [2.05, 4.69) is 17.2 Å². The fraction of sp³-hybridized carbons (Fsp3) is 0.400. The molecule has 0 aromatic heterocycles. The number of nitrogens with one attached hydrogen (secondary N) is 2. The van der Waals surface area contributed by atoms with Gasteiger partial charge in [-0.05, 0) is 31.1 Å². The lowest BCUT2D eigenvalue weighted by atomic mass is 9.88. The number of carbonyl (C=O) groups is 1. The third kappa shape index (κ3) is 4.25. The van der Waals surface area contributed by atoms with Crippen LogP contribution in [0, 0.1) is 11.8 Å². The van der Waals surface area contributed by atoms with Crippen LogP contribution in [0.2, 0.25) is 0 Å². The molecule has 4 nitrogen and oxygen atoms in total. The van der Waals surface area contributed by atoms with Crippen LogP contribution in [0.15, 0.2) is 36.9 Å². The first-order valence-electron chi connectivity index (χ1n) is 6.56. The van der Waals surface area contributed by atoms with Crippen molar-refractivity contribution in [3.63, 3.8) is 0 Å². The molecule has 5 heteroatoms. The van der Waals surface area contributed by atoms with Gasteiger partial charge in [0.05, 0.1) is 0 Å². The van der Waals surface area contributed by atoms with E-state index in [4.69, 9.17) is 4.74 Å². The summed E-state index contributed by atoms with van der Waals surface area (Å²) in [5.41, 5.74) is 0.769. The first kappa shape index (κ1) is 16.5. The Morgan fingerprint density at radius 1 is 1.60 bits per heavy atom. The van der Waals surface area contributed by atoms with Crippen LogP contribution >= 0.6 is 12.4 Å². The molecule has 1 amide bonds. The minimum absolute atomic E-state index is 0. The summed E-state index contributed by atoms with van der Waals surface area (Å²) in [7, 11) is 0. The maximum Gasteiger partial charge on any atom is 0.227 e. The van der Waals surface area contributed by atoms with E-state index in [0.29, 0.717) is 12.5 Å². The summed E-state index contributed by atoms with van der Waals surface area (Å²) in [5, 5.41) is 6.12. The van der Waals surface area contributed by atoms with Crippen molar-refractivity contribution in [3.8, 4) is 5.75 Å². The Bertz CT molecular complexity index is 461. The smallest absolute Gasteiger partial charge is 0.227 e. The van der Waals surface area contributed by atoms with Crippen LogP contribution in [-0.4, -0.2) is 25.6 Å². The Kier molecular flexibility index (Phi) is 6.55. The van der Waals surface area contributed by atoms with Crippen molar-refractivity contribution >= 4 is 24.0 Å². The first-order chi connectivity index (χ1) is 9.20. The van der Waals surface area contributed by atoms with Crippen molar-refractivity contribution in [1.82, 2.24) is 5.32 Å². The molecule has 0 aliphatic carbocycles. The van der Waals surface area contributed by atoms with Gasteiger partial charge in [0.15, 0.2) is 0 Å². The van der Waals surface area contributed by atoms with Crippen LogP contribution in [0.4, 0.5) is 5.69 Å². The van der Waals surface area contributed by atoms with Gasteiger partial charge in [0.2, 0.25) is 5.91 Å². The molecule has 1 unspecified atom stereocenters. The van der Waals surface area contributed by atoms with E-state index in [1.807, 2.05) is 31.2 Å². The third-order valence-electron chi connectivity index (χ3n) is 3.40. The Morgan fingerprint density at radius 2 is 2.35 bits per heavy atom. The first-order valence-corrected chi connectivity index (χ1v) is 6.56. The Labute approximate surface area is 126 Å². The standard InChI is InChI=1S/C15H20N2O2.ClH/c1-3-7-19-14-6-4-5-13(8-14)17-15(18)11(2)12-9-16-10-12;/h3-6,8,11-12,16H,1,7,9-10H2,2H3,(H,17,18);1H. The van der Waals surface area contributed by atoms with E-state index in [0.717, 1.165) is 24.5 Å². The minimum atomic E-state index is 0. The fourth-order valence-electron chi connectivity index (χ4n) is 1.95. The average Bonchev–Trinajstić information content (AvgIpc) is 2.34. The second-order valence-corrected chi connectivity index (χ2v) is 4.82.